The van der Waals surface area contributed by atoms with Crippen LogP contribution in [0.25, 0.3) is 11.0 Å². The predicted molar refractivity (Wildman–Crippen MR) is 117 cm³/mol. The van der Waals surface area contributed by atoms with Crippen molar-refractivity contribution < 1.29 is 8.42 Å². The number of halogens is 2. The van der Waals surface area contributed by atoms with Gasteiger partial charge in [-0.15, -0.1) is 0 Å². The summed E-state index contributed by atoms with van der Waals surface area (Å²) in [4.78, 5) is 9.08. The summed E-state index contributed by atoms with van der Waals surface area (Å²) in [6, 6.07) is 20.1. The normalized spacial score (nSPS) is 11.4. The van der Waals surface area contributed by atoms with E-state index in [1.807, 2.05) is 6.07 Å². The minimum Gasteiger partial charge on any atom is -0.337 e. The maximum absolute atomic E-state index is 12.8. The number of fused-ring (bicyclic) bond motifs is 1. The van der Waals surface area contributed by atoms with Crippen molar-refractivity contribution in [2.75, 3.05) is 10.0 Å². The van der Waals surface area contributed by atoms with Crippen molar-refractivity contribution >= 4 is 61.6 Å². The molecule has 0 bridgehead atoms. The molecule has 29 heavy (non-hydrogen) atoms. The number of rotatable bonds is 5. The minimum absolute atomic E-state index is 0.0589. The Morgan fingerprint density at radius 2 is 1.28 bits per heavy atom. The van der Waals surface area contributed by atoms with Crippen molar-refractivity contribution in [1.82, 2.24) is 9.97 Å². The van der Waals surface area contributed by atoms with E-state index in [2.05, 4.69) is 20.0 Å². The maximum Gasteiger partial charge on any atom is 0.263 e. The summed E-state index contributed by atoms with van der Waals surface area (Å²) in [6.45, 7) is 0. The lowest BCUT2D eigenvalue weighted by Crippen LogP contribution is -2.16. The molecule has 9 heteroatoms. The number of nitrogens with zero attached hydrogens (tertiary/aromatic N) is 2. The summed E-state index contributed by atoms with van der Waals surface area (Å²) in [6.07, 6.45) is 0. The Balaban J connectivity index is 1.80. The molecule has 4 aromatic rings. The van der Waals surface area contributed by atoms with E-state index >= 15 is 0 Å². The van der Waals surface area contributed by atoms with Gasteiger partial charge in [0.25, 0.3) is 10.0 Å². The highest BCUT2D eigenvalue weighted by atomic mass is 35.5. The largest absolute Gasteiger partial charge is 0.337 e. The monoisotopic (exact) mass is 444 g/mol. The SMILES string of the molecule is O=S(=O)(Nc1nc2ccccc2nc1Nc1cc(Cl)cc(Cl)c1)c1ccccc1. The van der Waals surface area contributed by atoms with Crippen LogP contribution in [0.4, 0.5) is 17.3 Å². The summed E-state index contributed by atoms with van der Waals surface area (Å²) in [5, 5.41) is 3.91. The van der Waals surface area contributed by atoms with Gasteiger partial charge in [0.1, 0.15) is 0 Å². The van der Waals surface area contributed by atoms with Crippen LogP contribution in [0, 0.1) is 0 Å². The molecule has 0 amide bonds. The second kappa shape index (κ2) is 7.87. The average Bonchev–Trinajstić information content (AvgIpc) is 2.68. The van der Waals surface area contributed by atoms with Crippen molar-refractivity contribution in [2.24, 2.45) is 0 Å². The molecule has 1 heterocycles. The van der Waals surface area contributed by atoms with Gasteiger partial charge in [-0.1, -0.05) is 53.5 Å². The second-order valence-corrected chi connectivity index (χ2v) is 8.67. The summed E-state index contributed by atoms with van der Waals surface area (Å²) in [5.74, 6) is 0.283. The van der Waals surface area contributed by atoms with Crippen molar-refractivity contribution in [2.45, 2.75) is 4.90 Å². The molecule has 6 nitrogen and oxygen atoms in total. The lowest BCUT2D eigenvalue weighted by molar-refractivity contribution is 0.601. The first-order valence-corrected chi connectivity index (χ1v) is 10.7. The molecule has 0 unspecified atom stereocenters. The predicted octanol–water partition coefficient (Wildman–Crippen LogP) is 5.48. The average molecular weight is 445 g/mol. The summed E-state index contributed by atoms with van der Waals surface area (Å²) >= 11 is 12.1. The van der Waals surface area contributed by atoms with Gasteiger partial charge in [-0.2, -0.15) is 0 Å². The first-order valence-electron chi connectivity index (χ1n) is 8.48. The molecule has 0 atom stereocenters. The van der Waals surface area contributed by atoms with Gasteiger partial charge < -0.3 is 5.32 Å². The van der Waals surface area contributed by atoms with E-state index in [0.717, 1.165) is 0 Å². The van der Waals surface area contributed by atoms with Gasteiger partial charge in [0.2, 0.25) is 0 Å². The lowest BCUT2D eigenvalue weighted by atomic mass is 10.3. The highest BCUT2D eigenvalue weighted by molar-refractivity contribution is 7.92. The Bertz CT molecular complexity index is 1280. The minimum atomic E-state index is -3.86. The third-order valence-electron chi connectivity index (χ3n) is 3.98. The van der Waals surface area contributed by atoms with Gasteiger partial charge in [-0.3, -0.25) is 4.72 Å². The van der Waals surface area contributed by atoms with Gasteiger partial charge in [-0.25, -0.2) is 18.4 Å². The topological polar surface area (TPSA) is 84.0 Å². The van der Waals surface area contributed by atoms with Crippen LogP contribution in [0.3, 0.4) is 0 Å². The molecular weight excluding hydrogens is 431 g/mol. The van der Waals surface area contributed by atoms with Crippen LogP contribution < -0.4 is 10.0 Å². The zero-order valence-electron chi connectivity index (χ0n) is 14.8. The number of sulfonamides is 1. The number of hydrogen-bond acceptors (Lipinski definition) is 5. The van der Waals surface area contributed by atoms with E-state index in [1.54, 1.807) is 54.6 Å². The molecule has 146 valence electrons. The van der Waals surface area contributed by atoms with Crippen LogP contribution in [0.2, 0.25) is 10.0 Å². The van der Waals surface area contributed by atoms with E-state index in [1.165, 1.54) is 12.1 Å². The molecule has 0 fully saturated rings. The highest BCUT2D eigenvalue weighted by Gasteiger charge is 2.19. The molecule has 1 aromatic heterocycles. The Hall–Kier alpha value is -2.87. The molecule has 0 saturated heterocycles. The number of aromatic nitrogens is 2. The van der Waals surface area contributed by atoms with Gasteiger partial charge in [0, 0.05) is 15.7 Å². The fourth-order valence-electron chi connectivity index (χ4n) is 2.71. The van der Waals surface area contributed by atoms with E-state index in [9.17, 15) is 8.42 Å². The van der Waals surface area contributed by atoms with Crippen LogP contribution in [-0.2, 0) is 10.0 Å². The molecule has 0 aliphatic rings. The molecule has 3 aromatic carbocycles. The highest BCUT2D eigenvalue weighted by Crippen LogP contribution is 2.29. The van der Waals surface area contributed by atoms with Crippen LogP contribution in [0.5, 0.6) is 0 Å². The molecule has 0 spiro atoms. The van der Waals surface area contributed by atoms with Crippen LogP contribution >= 0.6 is 23.2 Å². The van der Waals surface area contributed by atoms with Gasteiger partial charge in [0.15, 0.2) is 11.6 Å². The first-order chi connectivity index (χ1) is 13.9. The smallest absolute Gasteiger partial charge is 0.263 e. The Morgan fingerprint density at radius 3 is 1.90 bits per heavy atom. The van der Waals surface area contributed by atoms with Crippen LogP contribution in [-0.4, -0.2) is 18.4 Å². The number of nitrogens with one attached hydrogen (secondary N) is 2. The summed E-state index contributed by atoms with van der Waals surface area (Å²) < 4.78 is 28.1. The molecule has 2 N–H and O–H groups in total. The van der Waals surface area contributed by atoms with Crippen molar-refractivity contribution in [3.63, 3.8) is 0 Å². The van der Waals surface area contributed by atoms with Crippen LogP contribution in [0.15, 0.2) is 77.7 Å². The Kier molecular flexibility index (Phi) is 5.27. The third kappa shape index (κ3) is 4.42. The summed E-state index contributed by atoms with van der Waals surface area (Å²) in [7, 11) is -3.86. The third-order valence-corrected chi connectivity index (χ3v) is 5.77. The van der Waals surface area contributed by atoms with Crippen LogP contribution in [0.1, 0.15) is 0 Å². The Morgan fingerprint density at radius 1 is 0.724 bits per heavy atom. The van der Waals surface area contributed by atoms with Gasteiger partial charge in [0.05, 0.1) is 15.9 Å². The molecular formula is C20H14Cl2N4O2S. The first kappa shape index (κ1) is 19.4. The number of anilines is 3. The Labute approximate surface area is 177 Å². The standard InChI is InChI=1S/C20H14Cl2N4O2S/c21-13-10-14(22)12-15(11-13)23-19-20(25-18-9-5-4-8-17(18)24-19)26-29(27,28)16-6-2-1-3-7-16/h1-12H,(H,23,24)(H,25,26). The maximum atomic E-state index is 12.8. The zero-order chi connectivity index (χ0) is 20.4. The van der Waals surface area contributed by atoms with Gasteiger partial charge >= 0.3 is 0 Å². The molecule has 4 rings (SSSR count). The molecule has 0 saturated carbocycles. The van der Waals surface area contributed by atoms with Crippen molar-refractivity contribution in [3.8, 4) is 0 Å². The van der Waals surface area contributed by atoms with E-state index in [0.29, 0.717) is 26.8 Å². The van der Waals surface area contributed by atoms with E-state index in [4.69, 9.17) is 23.2 Å². The molecule has 0 aliphatic heterocycles. The number of hydrogen-bond donors (Lipinski definition) is 2. The van der Waals surface area contributed by atoms with E-state index < -0.39 is 10.0 Å². The second-order valence-electron chi connectivity index (χ2n) is 6.11. The van der Waals surface area contributed by atoms with Gasteiger partial charge in [-0.05, 0) is 42.5 Å². The van der Waals surface area contributed by atoms with E-state index in [-0.39, 0.29) is 16.5 Å². The quantitative estimate of drug-likeness (QED) is 0.425. The number of benzene rings is 3. The van der Waals surface area contributed by atoms with Crippen molar-refractivity contribution in [3.05, 3.63) is 82.8 Å². The lowest BCUT2D eigenvalue weighted by Gasteiger charge is -2.14. The zero-order valence-corrected chi connectivity index (χ0v) is 17.1. The molecule has 0 aliphatic carbocycles. The number of para-hydroxylation sites is 2. The fourth-order valence-corrected chi connectivity index (χ4v) is 4.26. The van der Waals surface area contributed by atoms with Crippen molar-refractivity contribution in [1.29, 1.82) is 0 Å². The fraction of sp³-hybridized carbons (Fsp3) is 0. The molecule has 0 radical (unpaired) electrons. The summed E-state index contributed by atoms with van der Waals surface area (Å²) in [5.41, 5.74) is 1.70.